The number of esters is 1. The molecule has 1 atom stereocenters. The standard InChI is InChI=1S/C18H14Cl2N2O4/c1-11(18(24)22-15-7-6-13(19)8-14(15)20)26-17(23)10-25-16-5-3-2-4-12(16)9-21/h2-8,11H,10H2,1H3,(H,22,24)/t11-/m0/s1. The molecule has 0 spiro atoms. The molecular formula is C18H14Cl2N2O4. The predicted octanol–water partition coefficient (Wildman–Crippen LogP) is 3.81. The number of nitriles is 1. The zero-order valence-corrected chi connectivity index (χ0v) is 15.2. The van der Waals surface area contributed by atoms with Gasteiger partial charge < -0.3 is 14.8 Å². The largest absolute Gasteiger partial charge is 0.481 e. The lowest BCUT2D eigenvalue weighted by atomic mass is 10.2. The van der Waals surface area contributed by atoms with Gasteiger partial charge in [0.1, 0.15) is 11.8 Å². The second kappa shape index (κ2) is 9.09. The summed E-state index contributed by atoms with van der Waals surface area (Å²) in [5.41, 5.74) is 0.645. The maximum atomic E-state index is 12.1. The van der Waals surface area contributed by atoms with Crippen molar-refractivity contribution in [1.82, 2.24) is 0 Å². The minimum atomic E-state index is -1.07. The van der Waals surface area contributed by atoms with Crippen LogP contribution in [0.15, 0.2) is 42.5 Å². The molecule has 0 aliphatic carbocycles. The van der Waals surface area contributed by atoms with E-state index >= 15 is 0 Å². The average Bonchev–Trinajstić information content (AvgIpc) is 2.62. The maximum absolute atomic E-state index is 12.1. The second-order valence-corrected chi connectivity index (χ2v) is 5.99. The van der Waals surface area contributed by atoms with E-state index in [1.807, 2.05) is 6.07 Å². The smallest absolute Gasteiger partial charge is 0.344 e. The molecule has 1 N–H and O–H groups in total. The van der Waals surface area contributed by atoms with Gasteiger partial charge in [0.05, 0.1) is 16.3 Å². The third-order valence-electron chi connectivity index (χ3n) is 3.22. The fourth-order valence-corrected chi connectivity index (χ4v) is 2.39. The summed E-state index contributed by atoms with van der Waals surface area (Å²) >= 11 is 11.8. The Kier molecular flexibility index (Phi) is 6.84. The predicted molar refractivity (Wildman–Crippen MR) is 97.3 cm³/mol. The number of anilines is 1. The van der Waals surface area contributed by atoms with Crippen molar-refractivity contribution >= 4 is 40.8 Å². The number of ether oxygens (including phenoxy) is 2. The Bertz CT molecular complexity index is 865. The van der Waals surface area contributed by atoms with E-state index in [-0.39, 0.29) is 10.8 Å². The molecule has 0 saturated carbocycles. The third-order valence-corrected chi connectivity index (χ3v) is 3.77. The lowest BCUT2D eigenvalue weighted by molar-refractivity contribution is -0.155. The van der Waals surface area contributed by atoms with Crippen molar-refractivity contribution < 1.29 is 19.1 Å². The van der Waals surface area contributed by atoms with Gasteiger partial charge in [-0.3, -0.25) is 4.79 Å². The monoisotopic (exact) mass is 392 g/mol. The number of para-hydroxylation sites is 1. The number of hydrogen-bond donors (Lipinski definition) is 1. The summed E-state index contributed by atoms with van der Waals surface area (Å²) in [4.78, 5) is 23.9. The molecule has 0 aliphatic rings. The van der Waals surface area contributed by atoms with Crippen LogP contribution in [0.4, 0.5) is 5.69 Å². The molecule has 2 rings (SSSR count). The number of nitrogens with one attached hydrogen (secondary N) is 1. The van der Waals surface area contributed by atoms with E-state index in [0.29, 0.717) is 16.3 Å². The molecule has 0 aliphatic heterocycles. The van der Waals surface area contributed by atoms with Gasteiger partial charge in [0.25, 0.3) is 5.91 Å². The first-order valence-electron chi connectivity index (χ1n) is 7.48. The normalized spacial score (nSPS) is 11.2. The summed E-state index contributed by atoms with van der Waals surface area (Å²) in [6.45, 7) is 0.984. The Morgan fingerprint density at radius 2 is 1.96 bits per heavy atom. The molecule has 0 unspecified atom stereocenters. The van der Waals surface area contributed by atoms with Crippen LogP contribution in [-0.4, -0.2) is 24.6 Å². The molecule has 2 aromatic rings. The van der Waals surface area contributed by atoms with Gasteiger partial charge in [-0.1, -0.05) is 35.3 Å². The van der Waals surface area contributed by atoms with Gasteiger partial charge in [-0.2, -0.15) is 5.26 Å². The van der Waals surface area contributed by atoms with E-state index in [1.165, 1.54) is 13.0 Å². The number of carbonyl (C=O) groups is 2. The van der Waals surface area contributed by atoms with Crippen molar-refractivity contribution in [2.45, 2.75) is 13.0 Å². The van der Waals surface area contributed by atoms with Crippen LogP contribution in [0.3, 0.4) is 0 Å². The van der Waals surface area contributed by atoms with Gasteiger partial charge in [-0.25, -0.2) is 4.79 Å². The Morgan fingerprint density at radius 1 is 1.23 bits per heavy atom. The highest BCUT2D eigenvalue weighted by molar-refractivity contribution is 6.36. The molecule has 6 nitrogen and oxygen atoms in total. The summed E-state index contributed by atoms with van der Waals surface area (Å²) in [6.07, 6.45) is -1.07. The van der Waals surface area contributed by atoms with Crippen molar-refractivity contribution in [3.63, 3.8) is 0 Å². The third kappa shape index (κ3) is 5.38. The zero-order chi connectivity index (χ0) is 19.1. The summed E-state index contributed by atoms with van der Waals surface area (Å²) in [5, 5.41) is 12.2. The molecule has 1 amide bonds. The van der Waals surface area contributed by atoms with Crippen LogP contribution in [0.1, 0.15) is 12.5 Å². The molecule has 0 bridgehead atoms. The highest BCUT2D eigenvalue weighted by Gasteiger charge is 2.19. The van der Waals surface area contributed by atoms with Crippen molar-refractivity contribution in [3.8, 4) is 11.8 Å². The van der Waals surface area contributed by atoms with E-state index in [4.69, 9.17) is 37.9 Å². The van der Waals surface area contributed by atoms with Crippen molar-refractivity contribution in [3.05, 3.63) is 58.1 Å². The van der Waals surface area contributed by atoms with Crippen LogP contribution < -0.4 is 10.1 Å². The van der Waals surface area contributed by atoms with Gasteiger partial charge in [-0.05, 0) is 37.3 Å². The van der Waals surface area contributed by atoms with Crippen LogP contribution in [0.2, 0.25) is 10.0 Å². The highest BCUT2D eigenvalue weighted by atomic mass is 35.5. The molecule has 0 heterocycles. The van der Waals surface area contributed by atoms with Crippen LogP contribution in [-0.2, 0) is 14.3 Å². The SMILES string of the molecule is C[C@H](OC(=O)COc1ccccc1C#N)C(=O)Nc1ccc(Cl)cc1Cl. The number of rotatable bonds is 6. The molecule has 0 saturated heterocycles. The number of amides is 1. The summed E-state index contributed by atoms with van der Waals surface area (Å²) in [7, 11) is 0. The van der Waals surface area contributed by atoms with Crippen LogP contribution in [0, 0.1) is 11.3 Å². The molecule has 8 heteroatoms. The molecule has 0 radical (unpaired) electrons. The summed E-state index contributed by atoms with van der Waals surface area (Å²) in [5.74, 6) is -1.04. The lowest BCUT2D eigenvalue weighted by Crippen LogP contribution is -2.31. The minimum absolute atomic E-state index is 0.261. The Balaban J connectivity index is 1.88. The number of hydrogen-bond acceptors (Lipinski definition) is 5. The minimum Gasteiger partial charge on any atom is -0.481 e. The molecule has 0 fully saturated rings. The molecular weight excluding hydrogens is 379 g/mol. The van der Waals surface area contributed by atoms with Crippen LogP contribution >= 0.6 is 23.2 Å². The first-order valence-corrected chi connectivity index (χ1v) is 8.23. The lowest BCUT2D eigenvalue weighted by Gasteiger charge is -2.15. The zero-order valence-electron chi connectivity index (χ0n) is 13.7. The summed E-state index contributed by atoms with van der Waals surface area (Å²) < 4.78 is 10.3. The molecule has 26 heavy (non-hydrogen) atoms. The molecule has 134 valence electrons. The first-order chi connectivity index (χ1) is 12.4. The Labute approximate surface area is 160 Å². The Morgan fingerprint density at radius 3 is 2.65 bits per heavy atom. The van der Waals surface area contributed by atoms with Gasteiger partial charge in [-0.15, -0.1) is 0 Å². The van der Waals surface area contributed by atoms with Gasteiger partial charge in [0.2, 0.25) is 0 Å². The van der Waals surface area contributed by atoms with Crippen molar-refractivity contribution in [2.24, 2.45) is 0 Å². The quantitative estimate of drug-likeness (QED) is 0.754. The van der Waals surface area contributed by atoms with E-state index in [2.05, 4.69) is 5.32 Å². The van der Waals surface area contributed by atoms with Crippen molar-refractivity contribution in [2.75, 3.05) is 11.9 Å². The van der Waals surface area contributed by atoms with E-state index < -0.39 is 24.6 Å². The van der Waals surface area contributed by atoms with E-state index in [9.17, 15) is 9.59 Å². The fourth-order valence-electron chi connectivity index (χ4n) is 1.93. The number of halogens is 2. The molecule has 2 aromatic carbocycles. The van der Waals surface area contributed by atoms with Gasteiger partial charge in [0.15, 0.2) is 12.7 Å². The van der Waals surface area contributed by atoms with Crippen LogP contribution in [0.5, 0.6) is 5.75 Å². The van der Waals surface area contributed by atoms with Gasteiger partial charge in [0, 0.05) is 5.02 Å². The number of benzene rings is 2. The number of carbonyl (C=O) groups excluding carboxylic acids is 2. The van der Waals surface area contributed by atoms with E-state index in [1.54, 1.807) is 36.4 Å². The highest BCUT2D eigenvalue weighted by Crippen LogP contribution is 2.25. The molecule has 0 aromatic heterocycles. The second-order valence-electron chi connectivity index (χ2n) is 5.14. The van der Waals surface area contributed by atoms with E-state index in [0.717, 1.165) is 0 Å². The first kappa shape index (κ1) is 19.6. The number of nitrogens with zero attached hydrogens (tertiary/aromatic N) is 1. The maximum Gasteiger partial charge on any atom is 0.344 e. The van der Waals surface area contributed by atoms with Crippen molar-refractivity contribution in [1.29, 1.82) is 5.26 Å². The topological polar surface area (TPSA) is 88.4 Å². The van der Waals surface area contributed by atoms with Gasteiger partial charge >= 0.3 is 5.97 Å². The fraction of sp³-hybridized carbons (Fsp3) is 0.167. The average molecular weight is 393 g/mol. The Hall–Kier alpha value is -2.75. The summed E-state index contributed by atoms with van der Waals surface area (Å²) in [6, 6.07) is 13.0. The van der Waals surface area contributed by atoms with Crippen LogP contribution in [0.25, 0.3) is 0 Å².